The third kappa shape index (κ3) is 3.08. The van der Waals surface area contributed by atoms with E-state index in [0.29, 0.717) is 24.4 Å². The zero-order valence-electron chi connectivity index (χ0n) is 12.7. The Bertz CT molecular complexity index is 426. The van der Waals surface area contributed by atoms with Crippen LogP contribution >= 0.6 is 0 Å². The van der Waals surface area contributed by atoms with Crippen LogP contribution in [0.15, 0.2) is 12.1 Å². The lowest BCUT2D eigenvalue weighted by atomic mass is 10.0. The van der Waals surface area contributed by atoms with Crippen LogP contribution in [0, 0.1) is 5.92 Å². The highest BCUT2D eigenvalue weighted by Gasteiger charge is 2.28. The van der Waals surface area contributed by atoms with Crippen LogP contribution in [0.25, 0.3) is 0 Å². The first-order valence-corrected chi connectivity index (χ1v) is 7.50. The number of aromatic nitrogens is 1. The van der Waals surface area contributed by atoms with Crippen molar-refractivity contribution in [3.8, 4) is 0 Å². The fourth-order valence-electron chi connectivity index (χ4n) is 2.93. The van der Waals surface area contributed by atoms with Crippen molar-refractivity contribution in [2.75, 3.05) is 11.4 Å². The summed E-state index contributed by atoms with van der Waals surface area (Å²) in [6.07, 6.45) is 2.55. The van der Waals surface area contributed by atoms with Crippen LogP contribution < -0.4 is 10.6 Å². The molecule has 0 bridgehead atoms. The summed E-state index contributed by atoms with van der Waals surface area (Å²) in [6, 6.07) is 4.95. The maximum atomic E-state index is 5.83. The molecule has 1 aromatic rings. The highest BCUT2D eigenvalue weighted by molar-refractivity contribution is 5.45. The molecule has 1 atom stereocenters. The number of rotatable bonds is 4. The van der Waals surface area contributed by atoms with Gasteiger partial charge in [-0.25, -0.2) is 4.98 Å². The monoisotopic (exact) mass is 261 g/mol. The second-order valence-corrected chi connectivity index (χ2v) is 6.26. The Morgan fingerprint density at radius 3 is 2.63 bits per heavy atom. The predicted molar refractivity (Wildman–Crippen MR) is 81.4 cm³/mol. The molecule has 2 N–H and O–H groups in total. The van der Waals surface area contributed by atoms with Crippen LogP contribution in [0.3, 0.4) is 0 Å². The molecule has 1 aliphatic rings. The van der Waals surface area contributed by atoms with Gasteiger partial charge in [-0.05, 0) is 42.4 Å². The average molecular weight is 261 g/mol. The molecular formula is C16H27N3. The summed E-state index contributed by atoms with van der Waals surface area (Å²) in [5.41, 5.74) is 8.19. The second kappa shape index (κ2) is 5.91. The third-order valence-corrected chi connectivity index (χ3v) is 4.08. The lowest BCUT2D eigenvalue weighted by Gasteiger charge is -2.29. The van der Waals surface area contributed by atoms with E-state index in [2.05, 4.69) is 44.7 Å². The fraction of sp³-hybridized carbons (Fsp3) is 0.688. The number of nitrogens with two attached hydrogens (primary N) is 1. The SMILES string of the molecule is CC(C)c1cc(CN)cc(N2CCCC2C(C)C)n1. The van der Waals surface area contributed by atoms with E-state index in [4.69, 9.17) is 10.7 Å². The number of anilines is 1. The van der Waals surface area contributed by atoms with Crippen LogP contribution in [0.2, 0.25) is 0 Å². The summed E-state index contributed by atoms with van der Waals surface area (Å²) < 4.78 is 0. The number of nitrogens with zero attached hydrogens (tertiary/aromatic N) is 2. The van der Waals surface area contributed by atoms with E-state index < -0.39 is 0 Å². The number of hydrogen-bond donors (Lipinski definition) is 1. The van der Waals surface area contributed by atoms with Gasteiger partial charge >= 0.3 is 0 Å². The van der Waals surface area contributed by atoms with Gasteiger partial charge in [0, 0.05) is 24.8 Å². The molecule has 106 valence electrons. The van der Waals surface area contributed by atoms with Gasteiger partial charge < -0.3 is 10.6 Å². The Hall–Kier alpha value is -1.09. The Morgan fingerprint density at radius 1 is 1.32 bits per heavy atom. The Balaban J connectivity index is 2.35. The van der Waals surface area contributed by atoms with Crippen molar-refractivity contribution in [2.24, 2.45) is 11.7 Å². The lowest BCUT2D eigenvalue weighted by Crippen LogP contribution is -2.34. The van der Waals surface area contributed by atoms with Gasteiger partial charge in [0.05, 0.1) is 0 Å². The Kier molecular flexibility index (Phi) is 4.46. The molecule has 3 nitrogen and oxygen atoms in total. The molecule has 0 amide bonds. The smallest absolute Gasteiger partial charge is 0.129 e. The predicted octanol–water partition coefficient (Wildman–Crippen LogP) is 3.29. The molecule has 1 aromatic heterocycles. The van der Waals surface area contributed by atoms with Gasteiger partial charge in [-0.3, -0.25) is 0 Å². The van der Waals surface area contributed by atoms with E-state index in [0.717, 1.165) is 18.1 Å². The summed E-state index contributed by atoms with van der Waals surface area (Å²) in [5, 5.41) is 0. The summed E-state index contributed by atoms with van der Waals surface area (Å²) in [4.78, 5) is 7.35. The zero-order chi connectivity index (χ0) is 14.0. The van der Waals surface area contributed by atoms with Crippen molar-refractivity contribution < 1.29 is 0 Å². The Morgan fingerprint density at radius 2 is 2.05 bits per heavy atom. The molecule has 0 spiro atoms. The Labute approximate surface area is 117 Å². The van der Waals surface area contributed by atoms with Crippen molar-refractivity contribution >= 4 is 5.82 Å². The zero-order valence-corrected chi connectivity index (χ0v) is 12.7. The van der Waals surface area contributed by atoms with Gasteiger partial charge in [0.2, 0.25) is 0 Å². The van der Waals surface area contributed by atoms with E-state index in [1.807, 2.05) is 0 Å². The summed E-state index contributed by atoms with van der Waals surface area (Å²) in [6.45, 7) is 10.7. The van der Waals surface area contributed by atoms with Crippen LogP contribution in [0.5, 0.6) is 0 Å². The van der Waals surface area contributed by atoms with Gasteiger partial charge in [-0.1, -0.05) is 27.7 Å². The molecule has 1 aliphatic heterocycles. The molecule has 1 fully saturated rings. The van der Waals surface area contributed by atoms with E-state index >= 15 is 0 Å². The van der Waals surface area contributed by atoms with E-state index in [1.54, 1.807) is 0 Å². The molecule has 0 aromatic carbocycles. The molecule has 2 heterocycles. The van der Waals surface area contributed by atoms with Crippen molar-refractivity contribution in [2.45, 2.75) is 59.0 Å². The molecule has 0 aliphatic carbocycles. The maximum Gasteiger partial charge on any atom is 0.129 e. The van der Waals surface area contributed by atoms with Crippen molar-refractivity contribution in [3.05, 3.63) is 23.4 Å². The second-order valence-electron chi connectivity index (χ2n) is 6.26. The van der Waals surface area contributed by atoms with Gasteiger partial charge in [0.1, 0.15) is 5.82 Å². The van der Waals surface area contributed by atoms with Gasteiger partial charge in [0.25, 0.3) is 0 Å². The highest BCUT2D eigenvalue weighted by atomic mass is 15.2. The number of pyridine rings is 1. The van der Waals surface area contributed by atoms with Crippen molar-refractivity contribution in [3.63, 3.8) is 0 Å². The van der Waals surface area contributed by atoms with E-state index in [9.17, 15) is 0 Å². The minimum absolute atomic E-state index is 0.449. The molecule has 3 heteroatoms. The molecular weight excluding hydrogens is 234 g/mol. The average Bonchev–Trinajstić information content (AvgIpc) is 2.87. The molecule has 0 saturated carbocycles. The largest absolute Gasteiger partial charge is 0.353 e. The molecule has 1 unspecified atom stereocenters. The third-order valence-electron chi connectivity index (χ3n) is 4.08. The van der Waals surface area contributed by atoms with Crippen molar-refractivity contribution in [1.29, 1.82) is 0 Å². The van der Waals surface area contributed by atoms with E-state index in [-0.39, 0.29) is 0 Å². The standard InChI is InChI=1S/C16H27N3/c1-11(2)14-8-13(10-17)9-16(18-14)19-7-5-6-15(19)12(3)4/h8-9,11-12,15H,5-7,10,17H2,1-4H3. The first-order chi connectivity index (χ1) is 9.02. The van der Waals surface area contributed by atoms with Crippen LogP contribution in [0.4, 0.5) is 5.82 Å². The minimum Gasteiger partial charge on any atom is -0.353 e. The van der Waals surface area contributed by atoms with Crippen LogP contribution in [0.1, 0.15) is 57.7 Å². The summed E-state index contributed by atoms with van der Waals surface area (Å²) in [5.74, 6) is 2.25. The van der Waals surface area contributed by atoms with Gasteiger partial charge in [-0.2, -0.15) is 0 Å². The molecule has 19 heavy (non-hydrogen) atoms. The normalized spacial score (nSPS) is 19.7. The lowest BCUT2D eigenvalue weighted by molar-refractivity contribution is 0.489. The molecule has 1 saturated heterocycles. The summed E-state index contributed by atoms with van der Waals surface area (Å²) in [7, 11) is 0. The minimum atomic E-state index is 0.449. The van der Waals surface area contributed by atoms with Gasteiger partial charge in [0.15, 0.2) is 0 Å². The maximum absolute atomic E-state index is 5.83. The quantitative estimate of drug-likeness (QED) is 0.904. The fourth-order valence-corrected chi connectivity index (χ4v) is 2.93. The van der Waals surface area contributed by atoms with E-state index in [1.165, 1.54) is 18.4 Å². The van der Waals surface area contributed by atoms with Crippen LogP contribution in [-0.2, 0) is 6.54 Å². The molecule has 0 radical (unpaired) electrons. The topological polar surface area (TPSA) is 42.1 Å². The van der Waals surface area contributed by atoms with Crippen LogP contribution in [-0.4, -0.2) is 17.6 Å². The van der Waals surface area contributed by atoms with Gasteiger partial charge in [-0.15, -0.1) is 0 Å². The first-order valence-electron chi connectivity index (χ1n) is 7.50. The number of hydrogen-bond acceptors (Lipinski definition) is 3. The highest BCUT2D eigenvalue weighted by Crippen LogP contribution is 2.30. The first kappa shape index (κ1) is 14.3. The molecule has 2 rings (SSSR count). The summed E-state index contributed by atoms with van der Waals surface area (Å²) >= 11 is 0. The van der Waals surface area contributed by atoms with Crippen molar-refractivity contribution in [1.82, 2.24) is 4.98 Å².